The molecule has 3 amide bonds. The lowest BCUT2D eigenvalue weighted by Gasteiger charge is -2.32. The Morgan fingerprint density at radius 2 is 1.74 bits per heavy atom. The third kappa shape index (κ3) is 4.06. The van der Waals surface area contributed by atoms with Crippen molar-refractivity contribution < 1.29 is 14.4 Å². The molecule has 2 unspecified atom stereocenters. The summed E-state index contributed by atoms with van der Waals surface area (Å²) in [5.41, 5.74) is 7.94. The number of amides is 3. The zero-order chi connectivity index (χ0) is 19.4. The van der Waals surface area contributed by atoms with Crippen molar-refractivity contribution in [3.05, 3.63) is 77.5 Å². The predicted octanol–water partition coefficient (Wildman–Crippen LogP) is 2.29. The molecular weight excluding hydrogens is 342 g/mol. The van der Waals surface area contributed by atoms with Crippen molar-refractivity contribution in [1.29, 1.82) is 0 Å². The average Bonchev–Trinajstić information content (AvgIpc) is 2.66. The van der Waals surface area contributed by atoms with Crippen LogP contribution in [0.1, 0.15) is 42.1 Å². The first-order chi connectivity index (χ1) is 13.0. The lowest BCUT2D eigenvalue weighted by Crippen LogP contribution is -2.40. The molecule has 6 heteroatoms. The molecule has 2 aromatic rings. The summed E-state index contributed by atoms with van der Waals surface area (Å²) in [6, 6.07) is 15.1. The van der Waals surface area contributed by atoms with Crippen molar-refractivity contribution in [3.63, 3.8) is 0 Å². The SMILES string of the molecule is CC(=O)N1C=Cc2ccccc2C1CC(=O)NC(C(N)=O)c1ccccc1. The van der Waals surface area contributed by atoms with Gasteiger partial charge in [-0.3, -0.25) is 14.4 Å². The second kappa shape index (κ2) is 7.86. The number of nitrogens with one attached hydrogen (secondary N) is 1. The summed E-state index contributed by atoms with van der Waals surface area (Å²) in [6.45, 7) is 1.46. The Hall–Kier alpha value is -3.41. The summed E-state index contributed by atoms with van der Waals surface area (Å²) in [5, 5.41) is 2.69. The Kier molecular flexibility index (Phi) is 5.35. The van der Waals surface area contributed by atoms with E-state index in [4.69, 9.17) is 5.73 Å². The van der Waals surface area contributed by atoms with E-state index >= 15 is 0 Å². The molecular formula is C21H21N3O3. The third-order valence-corrected chi connectivity index (χ3v) is 4.57. The number of carbonyl (C=O) groups excluding carboxylic acids is 3. The highest BCUT2D eigenvalue weighted by Crippen LogP contribution is 2.33. The van der Waals surface area contributed by atoms with E-state index in [-0.39, 0.29) is 18.2 Å². The van der Waals surface area contributed by atoms with E-state index in [2.05, 4.69) is 5.32 Å². The quantitative estimate of drug-likeness (QED) is 0.854. The fourth-order valence-corrected chi connectivity index (χ4v) is 3.27. The number of fused-ring (bicyclic) bond motifs is 1. The number of rotatable bonds is 5. The van der Waals surface area contributed by atoms with Gasteiger partial charge in [-0.1, -0.05) is 54.6 Å². The summed E-state index contributed by atoms with van der Waals surface area (Å²) in [7, 11) is 0. The van der Waals surface area contributed by atoms with E-state index in [0.717, 1.165) is 11.1 Å². The molecule has 6 nitrogen and oxygen atoms in total. The topological polar surface area (TPSA) is 92.5 Å². The summed E-state index contributed by atoms with van der Waals surface area (Å²) >= 11 is 0. The minimum absolute atomic E-state index is 0.0253. The average molecular weight is 363 g/mol. The molecule has 0 spiro atoms. The largest absolute Gasteiger partial charge is 0.368 e. The third-order valence-electron chi connectivity index (χ3n) is 4.57. The zero-order valence-electron chi connectivity index (χ0n) is 15.0. The fraction of sp³-hybridized carbons (Fsp3) is 0.190. The Labute approximate surface area is 157 Å². The van der Waals surface area contributed by atoms with Crippen LogP contribution >= 0.6 is 0 Å². The van der Waals surface area contributed by atoms with Crippen molar-refractivity contribution in [2.75, 3.05) is 0 Å². The molecule has 1 heterocycles. The van der Waals surface area contributed by atoms with Crippen molar-refractivity contribution >= 4 is 23.8 Å². The van der Waals surface area contributed by atoms with Gasteiger partial charge in [0.2, 0.25) is 17.7 Å². The minimum Gasteiger partial charge on any atom is -0.368 e. The molecule has 3 N–H and O–H groups in total. The van der Waals surface area contributed by atoms with E-state index < -0.39 is 18.0 Å². The van der Waals surface area contributed by atoms with Crippen LogP contribution in [0.2, 0.25) is 0 Å². The Morgan fingerprint density at radius 3 is 2.41 bits per heavy atom. The summed E-state index contributed by atoms with van der Waals surface area (Å²) in [6.07, 6.45) is 3.56. The van der Waals surface area contributed by atoms with Gasteiger partial charge in [-0.05, 0) is 22.8 Å². The number of benzene rings is 2. The van der Waals surface area contributed by atoms with Crippen molar-refractivity contribution in [2.45, 2.75) is 25.4 Å². The highest BCUT2D eigenvalue weighted by atomic mass is 16.2. The van der Waals surface area contributed by atoms with Crippen LogP contribution in [0.3, 0.4) is 0 Å². The molecule has 138 valence electrons. The number of hydrogen-bond acceptors (Lipinski definition) is 3. The molecule has 0 radical (unpaired) electrons. The normalized spacial score (nSPS) is 16.3. The number of hydrogen-bond donors (Lipinski definition) is 2. The first-order valence-corrected chi connectivity index (χ1v) is 8.67. The van der Waals surface area contributed by atoms with E-state index in [1.807, 2.05) is 36.4 Å². The highest BCUT2D eigenvalue weighted by molar-refractivity contribution is 5.88. The minimum atomic E-state index is -0.918. The maximum absolute atomic E-state index is 12.7. The molecule has 0 aliphatic carbocycles. The van der Waals surface area contributed by atoms with Crippen molar-refractivity contribution in [1.82, 2.24) is 10.2 Å². The molecule has 2 aromatic carbocycles. The van der Waals surface area contributed by atoms with E-state index in [9.17, 15) is 14.4 Å². The van der Waals surface area contributed by atoms with Crippen LogP contribution in [0.15, 0.2) is 60.8 Å². The lowest BCUT2D eigenvalue weighted by atomic mass is 9.93. The van der Waals surface area contributed by atoms with Crippen LogP contribution in [-0.2, 0) is 14.4 Å². The molecule has 3 rings (SSSR count). The molecule has 0 saturated carbocycles. The molecule has 1 aliphatic heterocycles. The molecule has 0 bridgehead atoms. The molecule has 0 aromatic heterocycles. The van der Waals surface area contributed by atoms with E-state index in [1.54, 1.807) is 30.5 Å². The molecule has 2 atom stereocenters. The molecule has 0 saturated heterocycles. The fourth-order valence-electron chi connectivity index (χ4n) is 3.27. The number of primary amides is 1. The van der Waals surface area contributed by atoms with Gasteiger partial charge in [-0.15, -0.1) is 0 Å². The number of nitrogens with zero attached hydrogens (tertiary/aromatic N) is 1. The summed E-state index contributed by atoms with van der Waals surface area (Å²) < 4.78 is 0. The standard InChI is InChI=1S/C21H21N3O3/c1-14(25)24-12-11-15-7-5-6-10-17(15)18(24)13-19(26)23-20(21(22)27)16-8-3-2-4-9-16/h2-12,18,20H,13H2,1H3,(H2,22,27)(H,23,26). The van der Waals surface area contributed by atoms with Crippen LogP contribution in [0.5, 0.6) is 0 Å². The first kappa shape index (κ1) is 18.4. The summed E-state index contributed by atoms with van der Waals surface area (Å²) in [4.78, 5) is 38.1. The Balaban J connectivity index is 1.82. The van der Waals surface area contributed by atoms with E-state index in [1.165, 1.54) is 11.8 Å². The van der Waals surface area contributed by atoms with E-state index in [0.29, 0.717) is 5.56 Å². The maximum Gasteiger partial charge on any atom is 0.244 e. The highest BCUT2D eigenvalue weighted by Gasteiger charge is 2.29. The van der Waals surface area contributed by atoms with Crippen LogP contribution in [0.25, 0.3) is 6.08 Å². The van der Waals surface area contributed by atoms with Crippen molar-refractivity contribution in [3.8, 4) is 0 Å². The van der Waals surface area contributed by atoms with Gasteiger partial charge in [-0.2, -0.15) is 0 Å². The van der Waals surface area contributed by atoms with Gasteiger partial charge in [0.15, 0.2) is 0 Å². The Morgan fingerprint density at radius 1 is 1.07 bits per heavy atom. The molecule has 27 heavy (non-hydrogen) atoms. The van der Waals surface area contributed by atoms with Gasteiger partial charge in [0.25, 0.3) is 0 Å². The Bertz CT molecular complexity index is 893. The smallest absolute Gasteiger partial charge is 0.244 e. The number of nitrogens with two attached hydrogens (primary N) is 1. The number of carbonyl (C=O) groups is 3. The van der Waals surface area contributed by atoms with Crippen LogP contribution in [0.4, 0.5) is 0 Å². The maximum atomic E-state index is 12.7. The second-order valence-electron chi connectivity index (χ2n) is 6.40. The van der Waals surface area contributed by atoms with Crippen LogP contribution < -0.4 is 11.1 Å². The van der Waals surface area contributed by atoms with Gasteiger partial charge in [0, 0.05) is 13.1 Å². The van der Waals surface area contributed by atoms with Crippen LogP contribution in [0, 0.1) is 0 Å². The van der Waals surface area contributed by atoms with Crippen LogP contribution in [-0.4, -0.2) is 22.6 Å². The van der Waals surface area contributed by atoms with Gasteiger partial charge in [0.1, 0.15) is 6.04 Å². The first-order valence-electron chi connectivity index (χ1n) is 8.67. The lowest BCUT2D eigenvalue weighted by molar-refractivity contribution is -0.131. The van der Waals surface area contributed by atoms with Gasteiger partial charge in [0.05, 0.1) is 12.5 Å². The monoisotopic (exact) mass is 363 g/mol. The summed E-state index contributed by atoms with van der Waals surface area (Å²) in [5.74, 6) is -1.15. The van der Waals surface area contributed by atoms with Gasteiger partial charge in [-0.25, -0.2) is 0 Å². The van der Waals surface area contributed by atoms with Gasteiger partial charge < -0.3 is 16.0 Å². The predicted molar refractivity (Wildman–Crippen MR) is 102 cm³/mol. The zero-order valence-corrected chi connectivity index (χ0v) is 15.0. The molecule has 1 aliphatic rings. The van der Waals surface area contributed by atoms with Gasteiger partial charge >= 0.3 is 0 Å². The van der Waals surface area contributed by atoms with Crippen molar-refractivity contribution in [2.24, 2.45) is 5.73 Å². The second-order valence-corrected chi connectivity index (χ2v) is 6.40. The molecule has 0 fully saturated rings.